The Bertz CT molecular complexity index is 997. The average Bonchev–Trinajstić information content (AvgIpc) is 3.07. The van der Waals surface area contributed by atoms with E-state index in [0.29, 0.717) is 18.9 Å². The highest BCUT2D eigenvalue weighted by Crippen LogP contribution is 2.40. The average molecular weight is 394 g/mol. The Morgan fingerprint density at radius 1 is 1.30 bits per heavy atom. The van der Waals surface area contributed by atoms with E-state index in [0.717, 1.165) is 17.7 Å². The van der Waals surface area contributed by atoms with Crippen LogP contribution in [0.2, 0.25) is 5.15 Å². The first-order valence-electron chi connectivity index (χ1n) is 8.19. The summed E-state index contributed by atoms with van der Waals surface area (Å²) in [4.78, 5) is 10.0. The first kappa shape index (κ1) is 19.0. The molecule has 27 heavy (non-hydrogen) atoms. The van der Waals surface area contributed by atoms with Gasteiger partial charge in [0, 0.05) is 25.2 Å². The molecule has 0 atom stereocenters. The topological polar surface area (TPSA) is 55.5 Å². The van der Waals surface area contributed by atoms with E-state index in [1.165, 1.54) is 18.0 Å². The van der Waals surface area contributed by atoms with Crippen molar-refractivity contribution in [2.24, 2.45) is 0 Å². The summed E-state index contributed by atoms with van der Waals surface area (Å²) in [5, 5.41) is 4.08. The van der Waals surface area contributed by atoms with Gasteiger partial charge in [-0.3, -0.25) is 0 Å². The first-order valence-corrected chi connectivity index (χ1v) is 8.57. The van der Waals surface area contributed by atoms with E-state index in [9.17, 15) is 8.78 Å². The molecule has 0 aliphatic carbocycles. The van der Waals surface area contributed by atoms with E-state index in [1.54, 1.807) is 0 Å². The summed E-state index contributed by atoms with van der Waals surface area (Å²) in [5.41, 5.74) is 0.649. The number of ether oxygens (including phenoxy) is 1. The summed E-state index contributed by atoms with van der Waals surface area (Å²) in [6.07, 6.45) is 1.31. The summed E-state index contributed by atoms with van der Waals surface area (Å²) in [5.74, 6) is -0.954. The molecular weight excluding hydrogens is 376 g/mol. The number of nitrogens with zero attached hydrogens (tertiary/aromatic N) is 5. The van der Waals surface area contributed by atoms with Crippen LogP contribution >= 0.6 is 11.6 Å². The number of likely N-dealkylation sites (N-methyl/N-ethyl adjacent to an activating group) is 1. The number of halogens is 3. The minimum absolute atomic E-state index is 0.0653. The number of benzene rings is 1. The minimum Gasteiger partial charge on any atom is -0.497 e. The molecule has 1 aromatic carbocycles. The third-order valence-corrected chi connectivity index (χ3v) is 4.28. The molecule has 142 valence electrons. The Hall–Kier alpha value is -2.74. The van der Waals surface area contributed by atoms with Crippen molar-refractivity contribution >= 4 is 23.2 Å². The van der Waals surface area contributed by atoms with Crippen molar-refractivity contribution in [1.29, 1.82) is 0 Å². The molecule has 3 aromatic rings. The van der Waals surface area contributed by atoms with Crippen LogP contribution in [-0.4, -0.2) is 39.8 Å². The van der Waals surface area contributed by atoms with Crippen molar-refractivity contribution in [3.63, 3.8) is 0 Å². The quantitative estimate of drug-likeness (QED) is 0.465. The van der Waals surface area contributed by atoms with Crippen LogP contribution in [0.5, 0.6) is 5.75 Å². The van der Waals surface area contributed by atoms with Gasteiger partial charge in [-0.05, 0) is 13.8 Å². The second kappa shape index (κ2) is 7.48. The molecule has 0 unspecified atom stereocenters. The second-order valence-electron chi connectivity index (χ2n) is 6.01. The van der Waals surface area contributed by atoms with Gasteiger partial charge in [0.15, 0.2) is 0 Å². The molecule has 0 aliphatic rings. The number of hydrogen-bond donors (Lipinski definition) is 0. The summed E-state index contributed by atoms with van der Waals surface area (Å²) in [6, 6.07) is 2.19. The molecule has 0 radical (unpaired) electrons. The summed E-state index contributed by atoms with van der Waals surface area (Å²) < 4.78 is 36.0. The lowest BCUT2D eigenvalue weighted by Gasteiger charge is -2.26. The monoisotopic (exact) mass is 393 g/mol. The molecular formula is C18H18ClF2N5O. The van der Waals surface area contributed by atoms with Crippen LogP contribution in [0.15, 0.2) is 30.6 Å². The summed E-state index contributed by atoms with van der Waals surface area (Å²) >= 11 is 6.35. The first-order chi connectivity index (χ1) is 12.9. The van der Waals surface area contributed by atoms with Crippen LogP contribution in [-0.2, 0) is 0 Å². The van der Waals surface area contributed by atoms with Crippen LogP contribution in [0.25, 0.3) is 16.9 Å². The number of aromatic nitrogens is 4. The van der Waals surface area contributed by atoms with Gasteiger partial charge in [-0.25, -0.2) is 8.78 Å². The van der Waals surface area contributed by atoms with E-state index in [2.05, 4.69) is 21.6 Å². The molecule has 2 aromatic heterocycles. The number of fused-ring (bicyclic) bond motifs is 1. The van der Waals surface area contributed by atoms with E-state index in [4.69, 9.17) is 16.3 Å². The smallest absolute Gasteiger partial charge is 0.255 e. The van der Waals surface area contributed by atoms with Gasteiger partial charge in [0.1, 0.15) is 34.7 Å². The van der Waals surface area contributed by atoms with Crippen LogP contribution in [0.4, 0.5) is 14.6 Å². The predicted molar refractivity (Wildman–Crippen MR) is 100 cm³/mol. The highest BCUT2D eigenvalue weighted by molar-refractivity contribution is 6.33. The normalized spacial score (nSPS) is 11.0. The fraction of sp³-hybridized carbons (Fsp3) is 0.278. The maximum Gasteiger partial charge on any atom is 0.255 e. The van der Waals surface area contributed by atoms with Gasteiger partial charge < -0.3 is 9.64 Å². The van der Waals surface area contributed by atoms with Gasteiger partial charge in [0.25, 0.3) is 5.78 Å². The molecule has 0 fully saturated rings. The zero-order chi connectivity index (χ0) is 19.7. The number of hydrogen-bond acceptors (Lipinski definition) is 5. The summed E-state index contributed by atoms with van der Waals surface area (Å²) in [7, 11) is 1.33. The minimum atomic E-state index is -0.817. The zero-order valence-electron chi connectivity index (χ0n) is 15.1. The summed E-state index contributed by atoms with van der Waals surface area (Å²) in [6.45, 7) is 8.65. The van der Waals surface area contributed by atoms with Crippen LogP contribution in [0.1, 0.15) is 13.8 Å². The molecule has 0 bridgehead atoms. The van der Waals surface area contributed by atoms with Crippen molar-refractivity contribution in [2.75, 3.05) is 25.1 Å². The van der Waals surface area contributed by atoms with Crippen molar-refractivity contribution in [2.45, 2.75) is 13.8 Å². The maximum atomic E-state index is 14.8. The molecule has 0 aliphatic heterocycles. The molecule has 0 spiro atoms. The van der Waals surface area contributed by atoms with Gasteiger partial charge in [0.05, 0.1) is 18.2 Å². The maximum absolute atomic E-state index is 14.8. The Morgan fingerprint density at radius 2 is 1.96 bits per heavy atom. The largest absolute Gasteiger partial charge is 0.497 e. The van der Waals surface area contributed by atoms with Gasteiger partial charge in [-0.2, -0.15) is 19.6 Å². The van der Waals surface area contributed by atoms with Crippen LogP contribution in [0, 0.1) is 11.6 Å². The highest BCUT2D eigenvalue weighted by Gasteiger charge is 2.26. The van der Waals surface area contributed by atoms with E-state index >= 15 is 0 Å². The van der Waals surface area contributed by atoms with Gasteiger partial charge in [0.2, 0.25) is 0 Å². The Balaban J connectivity index is 2.38. The lowest BCUT2D eigenvalue weighted by atomic mass is 10.1. The van der Waals surface area contributed by atoms with Gasteiger partial charge >= 0.3 is 0 Å². The Kier molecular flexibility index (Phi) is 5.27. The lowest BCUT2D eigenvalue weighted by molar-refractivity contribution is 0.407. The molecule has 0 N–H and O–H groups in total. The standard InChI is InChI=1S/C18H18ClF2N5O/c1-5-25(8-10(2)3)17-15(16(19)24-18-22-9-23-26(17)18)14-12(20)6-11(27-4)7-13(14)21/h6-7,9H,2,5,8H2,1,3-4H3. The van der Waals surface area contributed by atoms with Gasteiger partial charge in [-0.1, -0.05) is 23.8 Å². The Labute approximate surface area is 160 Å². The molecule has 6 nitrogen and oxygen atoms in total. The Morgan fingerprint density at radius 3 is 2.52 bits per heavy atom. The van der Waals surface area contributed by atoms with E-state index in [1.807, 2.05) is 18.7 Å². The van der Waals surface area contributed by atoms with E-state index < -0.39 is 11.6 Å². The van der Waals surface area contributed by atoms with E-state index in [-0.39, 0.29) is 27.8 Å². The van der Waals surface area contributed by atoms with Crippen LogP contribution in [0.3, 0.4) is 0 Å². The van der Waals surface area contributed by atoms with Crippen molar-refractivity contribution < 1.29 is 13.5 Å². The lowest BCUT2D eigenvalue weighted by Crippen LogP contribution is -2.28. The van der Waals surface area contributed by atoms with Crippen molar-refractivity contribution in [3.05, 3.63) is 47.4 Å². The van der Waals surface area contributed by atoms with Crippen LogP contribution < -0.4 is 9.64 Å². The third kappa shape index (κ3) is 3.44. The molecule has 0 amide bonds. The predicted octanol–water partition coefficient (Wildman–Crippen LogP) is 4.13. The highest BCUT2D eigenvalue weighted by atomic mass is 35.5. The zero-order valence-corrected chi connectivity index (χ0v) is 15.9. The fourth-order valence-electron chi connectivity index (χ4n) is 2.88. The molecule has 0 saturated heterocycles. The number of methoxy groups -OCH3 is 1. The second-order valence-corrected chi connectivity index (χ2v) is 6.37. The molecule has 2 heterocycles. The third-order valence-electron chi connectivity index (χ3n) is 4.00. The van der Waals surface area contributed by atoms with Crippen molar-refractivity contribution in [3.8, 4) is 16.9 Å². The molecule has 9 heteroatoms. The van der Waals surface area contributed by atoms with Crippen molar-refractivity contribution in [1.82, 2.24) is 19.6 Å². The van der Waals surface area contributed by atoms with Gasteiger partial charge in [-0.15, -0.1) is 0 Å². The SMILES string of the molecule is C=C(C)CN(CC)c1c(-c2c(F)cc(OC)cc2F)c(Cl)nc2ncnn12. The number of rotatable bonds is 6. The number of anilines is 1. The molecule has 0 saturated carbocycles. The fourth-order valence-corrected chi connectivity index (χ4v) is 3.13. The molecule has 3 rings (SSSR count).